The number of hydrogen-bond donors (Lipinski definition) is 2. The second-order valence-corrected chi connectivity index (χ2v) is 11.9. The fourth-order valence-corrected chi connectivity index (χ4v) is 6.55. The van der Waals surface area contributed by atoms with E-state index in [1.54, 1.807) is 18.3 Å². The van der Waals surface area contributed by atoms with Crippen LogP contribution in [0.5, 0.6) is 0 Å². The summed E-state index contributed by atoms with van der Waals surface area (Å²) in [6.45, 7) is 1.98. The van der Waals surface area contributed by atoms with Gasteiger partial charge in [-0.25, -0.2) is 13.4 Å². The summed E-state index contributed by atoms with van der Waals surface area (Å²) in [7, 11) is -3.29. The van der Waals surface area contributed by atoms with Gasteiger partial charge in [-0.15, -0.1) is 0 Å². The van der Waals surface area contributed by atoms with Crippen LogP contribution >= 0.6 is 0 Å². The molecule has 0 spiro atoms. The van der Waals surface area contributed by atoms with Crippen molar-refractivity contribution in [3.05, 3.63) is 36.0 Å². The van der Waals surface area contributed by atoms with E-state index in [0.29, 0.717) is 49.7 Å². The number of aromatic nitrogens is 2. The van der Waals surface area contributed by atoms with E-state index in [4.69, 9.17) is 4.98 Å². The minimum atomic E-state index is -3.29. The molecule has 9 nitrogen and oxygen atoms in total. The zero-order valence-electron chi connectivity index (χ0n) is 20.1. The summed E-state index contributed by atoms with van der Waals surface area (Å²) in [6, 6.07) is 7.44. The summed E-state index contributed by atoms with van der Waals surface area (Å²) in [5, 5.41) is 13.1. The van der Waals surface area contributed by atoms with Crippen molar-refractivity contribution >= 4 is 33.2 Å². The maximum absolute atomic E-state index is 12.9. The molecule has 10 heteroatoms. The highest BCUT2D eigenvalue weighted by Crippen LogP contribution is 2.37. The number of nitrogens with one attached hydrogen (secondary N) is 1. The Morgan fingerprint density at radius 2 is 1.80 bits per heavy atom. The Morgan fingerprint density at radius 3 is 2.51 bits per heavy atom. The molecule has 2 aliphatic heterocycles. The Labute approximate surface area is 206 Å². The molecular weight excluding hydrogens is 466 g/mol. The number of fused-ring (bicyclic) bond motifs is 1. The second kappa shape index (κ2) is 9.73. The van der Waals surface area contributed by atoms with Gasteiger partial charge < -0.3 is 20.2 Å². The van der Waals surface area contributed by atoms with E-state index in [2.05, 4.69) is 10.3 Å². The summed E-state index contributed by atoms with van der Waals surface area (Å²) >= 11 is 0. The van der Waals surface area contributed by atoms with Crippen LogP contribution in [-0.4, -0.2) is 72.3 Å². The highest BCUT2D eigenvalue weighted by atomic mass is 32.2. The molecule has 3 heterocycles. The number of sulfone groups is 1. The minimum Gasteiger partial charge on any atom is -0.393 e. The van der Waals surface area contributed by atoms with E-state index in [1.807, 2.05) is 21.9 Å². The minimum absolute atomic E-state index is 0.0562. The molecule has 188 valence electrons. The van der Waals surface area contributed by atoms with Gasteiger partial charge in [-0.2, -0.15) is 4.98 Å². The first-order chi connectivity index (χ1) is 16.8. The Kier molecular flexibility index (Phi) is 6.67. The fourth-order valence-electron chi connectivity index (χ4n) is 5.57. The summed E-state index contributed by atoms with van der Waals surface area (Å²) in [5.74, 6) is 1.58. The molecule has 1 aromatic heterocycles. The zero-order chi connectivity index (χ0) is 24.6. The quantitative estimate of drug-likeness (QED) is 0.645. The third-order valence-corrected chi connectivity index (χ3v) is 8.67. The normalized spacial score (nSPS) is 23.3. The average Bonchev–Trinajstić information content (AvgIpc) is 3.28. The van der Waals surface area contributed by atoms with Crippen LogP contribution in [0.1, 0.15) is 44.1 Å². The summed E-state index contributed by atoms with van der Waals surface area (Å²) in [4.78, 5) is 26.3. The molecular formula is C25H33N5O4S. The Morgan fingerprint density at radius 1 is 1.06 bits per heavy atom. The van der Waals surface area contributed by atoms with Crippen LogP contribution in [0, 0.1) is 5.92 Å². The summed E-state index contributed by atoms with van der Waals surface area (Å²) in [5.41, 5.74) is 1.72. The molecule has 1 aliphatic carbocycles. The smallest absolute Gasteiger partial charge is 0.225 e. The van der Waals surface area contributed by atoms with Gasteiger partial charge in [0.15, 0.2) is 9.84 Å². The van der Waals surface area contributed by atoms with E-state index in [0.717, 1.165) is 42.8 Å². The number of aliphatic hydroxyl groups is 1. The molecule has 35 heavy (non-hydrogen) atoms. The fraction of sp³-hybridized carbons (Fsp3) is 0.560. The van der Waals surface area contributed by atoms with Gasteiger partial charge in [-0.3, -0.25) is 4.79 Å². The number of carbonyl (C=O) groups is 1. The summed E-state index contributed by atoms with van der Waals surface area (Å²) in [6.07, 6.45) is 8.13. The number of carbonyl (C=O) groups excluding carboxylic acids is 1. The first kappa shape index (κ1) is 24.0. The largest absolute Gasteiger partial charge is 0.393 e. The van der Waals surface area contributed by atoms with E-state index in [9.17, 15) is 18.3 Å². The van der Waals surface area contributed by atoms with Crippen molar-refractivity contribution in [3.63, 3.8) is 0 Å². The number of hydrogen-bond acceptors (Lipinski definition) is 8. The van der Waals surface area contributed by atoms with Gasteiger partial charge in [-0.1, -0.05) is 6.07 Å². The molecule has 0 bridgehead atoms. The lowest BCUT2D eigenvalue weighted by Crippen LogP contribution is -2.44. The van der Waals surface area contributed by atoms with Crippen LogP contribution in [0.2, 0.25) is 0 Å². The molecule has 0 atom stereocenters. The highest BCUT2D eigenvalue weighted by Gasteiger charge is 2.32. The van der Waals surface area contributed by atoms with Gasteiger partial charge >= 0.3 is 0 Å². The monoisotopic (exact) mass is 499 g/mol. The number of aliphatic hydroxyl groups excluding tert-OH is 1. The maximum atomic E-state index is 12.9. The number of nitrogens with zero attached hydrogens (tertiary/aromatic N) is 4. The predicted octanol–water partition coefficient (Wildman–Crippen LogP) is 2.53. The standard InChI is InChI=1S/C25H33N5O4S/c1-35(33,34)22-4-2-3-21-20(22)12-16-30(21)23-9-13-26-25(28-23)27-18-7-5-17(6-8-18)24(32)29-14-10-19(31)11-15-29/h2-4,9,13,17-19,31H,5-8,10-12,14-16H2,1H3,(H,26,27,28). The molecule has 2 fully saturated rings. The summed E-state index contributed by atoms with van der Waals surface area (Å²) < 4.78 is 24.4. The van der Waals surface area contributed by atoms with Crippen molar-refractivity contribution in [1.29, 1.82) is 0 Å². The number of anilines is 3. The van der Waals surface area contributed by atoms with E-state index >= 15 is 0 Å². The lowest BCUT2D eigenvalue weighted by atomic mass is 9.85. The molecule has 1 saturated heterocycles. The van der Waals surface area contributed by atoms with Crippen molar-refractivity contribution in [2.24, 2.45) is 5.92 Å². The Bertz CT molecular complexity index is 1190. The van der Waals surface area contributed by atoms with E-state index in [1.165, 1.54) is 6.26 Å². The second-order valence-electron chi connectivity index (χ2n) is 9.92. The predicted molar refractivity (Wildman–Crippen MR) is 133 cm³/mol. The van der Waals surface area contributed by atoms with Crippen molar-refractivity contribution in [2.75, 3.05) is 36.1 Å². The van der Waals surface area contributed by atoms with Gasteiger partial charge in [0.05, 0.1) is 11.0 Å². The number of benzene rings is 1. The Hall–Kier alpha value is -2.72. The van der Waals surface area contributed by atoms with Gasteiger partial charge in [0.2, 0.25) is 11.9 Å². The first-order valence-corrected chi connectivity index (χ1v) is 14.3. The number of piperidine rings is 1. The molecule has 3 aliphatic rings. The molecule has 0 radical (unpaired) electrons. The third-order valence-electron chi connectivity index (χ3n) is 7.49. The van der Waals surface area contributed by atoms with Crippen LogP contribution < -0.4 is 10.2 Å². The number of likely N-dealkylation sites (tertiary alicyclic amines) is 1. The molecule has 1 amide bonds. The van der Waals surface area contributed by atoms with Crippen LogP contribution in [-0.2, 0) is 21.1 Å². The molecule has 0 unspecified atom stereocenters. The number of rotatable bonds is 5. The van der Waals surface area contributed by atoms with Gasteiger partial charge in [0.25, 0.3) is 0 Å². The van der Waals surface area contributed by atoms with Gasteiger partial charge in [0, 0.05) is 49.7 Å². The maximum Gasteiger partial charge on any atom is 0.225 e. The molecule has 1 aromatic carbocycles. The van der Waals surface area contributed by atoms with Crippen LogP contribution in [0.15, 0.2) is 35.4 Å². The number of amides is 1. The SMILES string of the molecule is CS(=O)(=O)c1cccc2c1CCN2c1ccnc(NC2CCC(C(=O)N3CCC(O)CC3)CC2)n1. The van der Waals surface area contributed by atoms with E-state index in [-0.39, 0.29) is 24.0 Å². The lowest BCUT2D eigenvalue weighted by Gasteiger charge is -2.35. The molecule has 1 saturated carbocycles. The molecule has 2 N–H and O–H groups in total. The lowest BCUT2D eigenvalue weighted by molar-refractivity contribution is -0.138. The zero-order valence-corrected chi connectivity index (χ0v) is 20.9. The molecule has 2 aromatic rings. The van der Waals surface area contributed by atoms with Gasteiger partial charge in [-0.05, 0) is 68.7 Å². The molecule has 5 rings (SSSR count). The Balaban J connectivity index is 1.21. The van der Waals surface area contributed by atoms with Crippen LogP contribution in [0.25, 0.3) is 0 Å². The van der Waals surface area contributed by atoms with Crippen LogP contribution in [0.4, 0.5) is 17.5 Å². The average molecular weight is 500 g/mol. The van der Waals surface area contributed by atoms with Crippen molar-refractivity contribution in [3.8, 4) is 0 Å². The van der Waals surface area contributed by atoms with Gasteiger partial charge in [0.1, 0.15) is 5.82 Å². The van der Waals surface area contributed by atoms with Crippen LogP contribution in [0.3, 0.4) is 0 Å². The van der Waals surface area contributed by atoms with Crippen molar-refractivity contribution < 1.29 is 18.3 Å². The third kappa shape index (κ3) is 5.13. The first-order valence-electron chi connectivity index (χ1n) is 12.5. The van der Waals surface area contributed by atoms with Crippen molar-refractivity contribution in [1.82, 2.24) is 14.9 Å². The van der Waals surface area contributed by atoms with E-state index < -0.39 is 9.84 Å². The van der Waals surface area contributed by atoms with Crippen molar-refractivity contribution in [2.45, 2.75) is 62.0 Å². The highest BCUT2D eigenvalue weighted by molar-refractivity contribution is 7.90. The topological polar surface area (TPSA) is 116 Å².